The van der Waals surface area contributed by atoms with Gasteiger partial charge < -0.3 is 4.74 Å². The lowest BCUT2D eigenvalue weighted by Gasteiger charge is -2.19. The first-order chi connectivity index (χ1) is 5.52. The molecule has 0 aliphatic heterocycles. The van der Waals surface area contributed by atoms with Crippen LogP contribution in [0.3, 0.4) is 0 Å². The highest BCUT2D eigenvalue weighted by Crippen LogP contribution is 2.20. The number of hydrogen-bond donors (Lipinski definition) is 0. The summed E-state index contributed by atoms with van der Waals surface area (Å²) >= 11 is 0. The monoisotopic (exact) mass is 170 g/mol. The molecule has 3 heteroatoms. The van der Waals surface area contributed by atoms with Gasteiger partial charge in [-0.15, -0.1) is 6.92 Å². The van der Waals surface area contributed by atoms with Gasteiger partial charge in [0, 0.05) is 5.41 Å². The quantitative estimate of drug-likeness (QED) is 0.444. The molecule has 0 aliphatic carbocycles. The Hall–Kier alpha value is -0.990. The fraction of sp³-hybridized carbons (Fsp3) is 0.556. The fourth-order valence-corrected chi connectivity index (χ4v) is 0.854. The minimum atomic E-state index is -0.299. The van der Waals surface area contributed by atoms with E-state index in [9.17, 15) is 9.59 Å². The minimum Gasteiger partial charge on any atom is -0.467 e. The third kappa shape index (κ3) is 4.77. The van der Waals surface area contributed by atoms with Gasteiger partial charge in [-0.1, -0.05) is 13.8 Å². The van der Waals surface area contributed by atoms with Crippen molar-refractivity contribution in [2.24, 2.45) is 5.41 Å². The Morgan fingerprint density at radius 3 is 2.67 bits per heavy atom. The van der Waals surface area contributed by atoms with Crippen LogP contribution in [0.5, 0.6) is 0 Å². The van der Waals surface area contributed by atoms with Crippen molar-refractivity contribution in [3.8, 4) is 0 Å². The summed E-state index contributed by atoms with van der Waals surface area (Å²) in [5.41, 5.74) is -0.299. The molecule has 0 spiro atoms. The van der Waals surface area contributed by atoms with Crippen LogP contribution in [-0.4, -0.2) is 18.9 Å². The zero-order valence-corrected chi connectivity index (χ0v) is 7.50. The van der Waals surface area contributed by atoms with Crippen molar-refractivity contribution in [2.45, 2.75) is 20.3 Å². The Morgan fingerprint density at radius 2 is 2.25 bits per heavy atom. The number of ketones is 1. The fourth-order valence-electron chi connectivity index (χ4n) is 0.854. The van der Waals surface area contributed by atoms with Crippen LogP contribution in [0.15, 0.2) is 0 Å². The van der Waals surface area contributed by atoms with Crippen LogP contribution in [0.25, 0.3) is 0 Å². The molecule has 12 heavy (non-hydrogen) atoms. The van der Waals surface area contributed by atoms with Crippen LogP contribution in [0.1, 0.15) is 20.3 Å². The van der Waals surface area contributed by atoms with Gasteiger partial charge in [0.05, 0.1) is 13.0 Å². The molecule has 0 N–H and O–H groups in total. The number of rotatable bonds is 6. The molecule has 3 nitrogen and oxygen atoms in total. The molecular weight excluding hydrogens is 156 g/mol. The smallest absolute Gasteiger partial charge is 0.293 e. The van der Waals surface area contributed by atoms with Gasteiger partial charge in [-0.25, -0.2) is 4.79 Å². The van der Waals surface area contributed by atoms with E-state index in [-0.39, 0.29) is 17.8 Å². The van der Waals surface area contributed by atoms with Crippen molar-refractivity contribution in [2.75, 3.05) is 6.61 Å². The average Bonchev–Trinajstić information content (AvgIpc) is 2.00. The third-order valence-electron chi connectivity index (χ3n) is 1.42. The molecule has 0 amide bonds. The third-order valence-corrected chi connectivity index (χ3v) is 1.42. The largest absolute Gasteiger partial charge is 0.467 e. The van der Waals surface area contributed by atoms with Gasteiger partial charge in [0.15, 0.2) is 0 Å². The summed E-state index contributed by atoms with van der Waals surface area (Å²) in [4.78, 5) is 20.8. The predicted molar refractivity (Wildman–Crippen MR) is 45.1 cm³/mol. The van der Waals surface area contributed by atoms with Gasteiger partial charge in [0.25, 0.3) is 12.3 Å². The lowest BCUT2D eigenvalue weighted by molar-refractivity contribution is -0.133. The van der Waals surface area contributed by atoms with Gasteiger partial charge in [-0.3, -0.25) is 4.79 Å². The second kappa shape index (κ2) is 4.80. The van der Waals surface area contributed by atoms with Gasteiger partial charge in [-0.05, 0) is 6.42 Å². The summed E-state index contributed by atoms with van der Waals surface area (Å²) in [6.45, 7) is 7.73. The molecule has 0 saturated heterocycles. The highest BCUT2D eigenvalue weighted by Gasteiger charge is 2.24. The van der Waals surface area contributed by atoms with E-state index in [0.29, 0.717) is 12.9 Å². The highest BCUT2D eigenvalue weighted by molar-refractivity contribution is 5.87. The van der Waals surface area contributed by atoms with Crippen molar-refractivity contribution in [1.82, 2.24) is 0 Å². The second-order valence-corrected chi connectivity index (χ2v) is 3.42. The van der Waals surface area contributed by atoms with Crippen LogP contribution in [0, 0.1) is 18.8 Å². The van der Waals surface area contributed by atoms with E-state index in [4.69, 9.17) is 0 Å². The zero-order valence-electron chi connectivity index (χ0n) is 7.50. The molecule has 0 radical (unpaired) electrons. The van der Waals surface area contributed by atoms with Gasteiger partial charge in [-0.2, -0.15) is 0 Å². The molecule has 0 aromatic rings. The summed E-state index contributed by atoms with van der Waals surface area (Å²) < 4.78 is 4.58. The van der Waals surface area contributed by atoms with E-state index in [1.807, 2.05) is 13.8 Å². The van der Waals surface area contributed by atoms with E-state index in [2.05, 4.69) is 11.7 Å². The Bertz CT molecular complexity index is 161. The van der Waals surface area contributed by atoms with E-state index in [1.165, 1.54) is 6.42 Å². The van der Waals surface area contributed by atoms with Crippen molar-refractivity contribution in [1.29, 1.82) is 0 Å². The van der Waals surface area contributed by atoms with Crippen LogP contribution in [-0.2, 0) is 14.3 Å². The summed E-state index contributed by atoms with van der Waals surface area (Å²) in [5.74, 6) is -0.0329. The SMILES string of the molecule is [CH2-][CH+]C(=O)CC(C)(C)COC=O. The maximum absolute atomic E-state index is 10.9. The molecule has 0 aromatic carbocycles. The average molecular weight is 170 g/mol. The van der Waals surface area contributed by atoms with Crippen LogP contribution in [0.4, 0.5) is 0 Å². The number of carbonyl (C=O) groups excluding carboxylic acids is 2. The summed E-state index contributed by atoms with van der Waals surface area (Å²) in [5, 5.41) is 0. The van der Waals surface area contributed by atoms with E-state index in [1.54, 1.807) is 0 Å². The maximum atomic E-state index is 10.9. The molecule has 0 unspecified atom stereocenters. The van der Waals surface area contributed by atoms with Gasteiger partial charge in [0.1, 0.15) is 0 Å². The van der Waals surface area contributed by atoms with Crippen LogP contribution >= 0.6 is 0 Å². The first-order valence-electron chi connectivity index (χ1n) is 3.72. The molecule has 0 aliphatic rings. The van der Waals surface area contributed by atoms with Gasteiger partial charge in [0.2, 0.25) is 0 Å². The Labute approximate surface area is 73.1 Å². The lowest BCUT2D eigenvalue weighted by Crippen LogP contribution is -2.22. The number of hydrogen-bond acceptors (Lipinski definition) is 3. The zero-order chi connectivity index (χ0) is 9.61. The van der Waals surface area contributed by atoms with Crippen LogP contribution < -0.4 is 0 Å². The summed E-state index contributed by atoms with van der Waals surface area (Å²) in [6, 6.07) is 0. The molecule has 0 atom stereocenters. The Kier molecular flexibility index (Phi) is 4.40. The predicted octanol–water partition coefficient (Wildman–Crippen LogP) is 1.18. The van der Waals surface area contributed by atoms with Crippen molar-refractivity contribution >= 4 is 12.3 Å². The number of Topliss-reactive ketones (excluding diaryl/α,β-unsaturated/α-hetero) is 1. The minimum absolute atomic E-state index is 0.0329. The molecule has 0 bridgehead atoms. The maximum Gasteiger partial charge on any atom is 0.293 e. The van der Waals surface area contributed by atoms with Crippen LogP contribution in [0.2, 0.25) is 0 Å². The molecular formula is C9H14O3. The molecule has 0 fully saturated rings. The van der Waals surface area contributed by atoms with Crippen molar-refractivity contribution in [3.05, 3.63) is 13.3 Å². The Morgan fingerprint density at radius 1 is 1.67 bits per heavy atom. The number of ether oxygens (including phenoxy) is 1. The summed E-state index contributed by atoms with van der Waals surface area (Å²) in [7, 11) is 0. The lowest BCUT2D eigenvalue weighted by atomic mass is 9.88. The van der Waals surface area contributed by atoms with Crippen molar-refractivity contribution in [3.63, 3.8) is 0 Å². The molecule has 0 saturated carbocycles. The topological polar surface area (TPSA) is 43.4 Å². The standard InChI is InChI=1S/C9H14O3/c1-4-8(11)5-9(2,3)6-12-7-10/h4,7H,1,5-6H2,2-3H3. The first-order valence-corrected chi connectivity index (χ1v) is 3.72. The summed E-state index contributed by atoms with van der Waals surface area (Å²) in [6.07, 6.45) is 1.63. The first kappa shape index (κ1) is 11.0. The molecule has 0 rings (SSSR count). The van der Waals surface area contributed by atoms with Gasteiger partial charge >= 0.3 is 0 Å². The van der Waals surface area contributed by atoms with E-state index in [0.717, 1.165) is 0 Å². The second-order valence-electron chi connectivity index (χ2n) is 3.42. The Balaban J connectivity index is 3.85. The molecule has 68 valence electrons. The highest BCUT2D eigenvalue weighted by atomic mass is 16.5. The van der Waals surface area contributed by atoms with E-state index < -0.39 is 0 Å². The molecule has 0 aromatic heterocycles. The van der Waals surface area contributed by atoms with Crippen molar-refractivity contribution < 1.29 is 14.3 Å². The normalized spacial score (nSPS) is 10.6. The number of carbonyl (C=O) groups is 2. The molecule has 0 heterocycles. The van der Waals surface area contributed by atoms with E-state index >= 15 is 0 Å².